The molecule has 2 aliphatic heterocycles. The lowest BCUT2D eigenvalue weighted by atomic mass is 9.95. The van der Waals surface area contributed by atoms with Crippen molar-refractivity contribution in [3.8, 4) is 0 Å². The van der Waals surface area contributed by atoms with Gasteiger partial charge in [-0.15, -0.1) is 0 Å². The molecule has 6 nitrogen and oxygen atoms in total. The molecule has 2 aliphatic rings. The highest BCUT2D eigenvalue weighted by Gasteiger charge is 2.29. The summed E-state index contributed by atoms with van der Waals surface area (Å²) < 4.78 is 0. The molecule has 0 unspecified atom stereocenters. The van der Waals surface area contributed by atoms with E-state index in [0.717, 1.165) is 51.9 Å². The Balaban J connectivity index is 1.47. The number of nitrogens with zero attached hydrogens (tertiary/aromatic N) is 2. The maximum absolute atomic E-state index is 12.8. The van der Waals surface area contributed by atoms with Crippen molar-refractivity contribution in [2.45, 2.75) is 45.4 Å². The second-order valence-corrected chi connectivity index (χ2v) is 7.94. The van der Waals surface area contributed by atoms with Crippen LogP contribution in [-0.2, 0) is 9.59 Å². The number of hydrogen-bond acceptors (Lipinski definition) is 4. The lowest BCUT2D eigenvalue weighted by molar-refractivity contribution is -0.137. The molecule has 152 valence electrons. The number of carbonyl (C=O) groups excluding carboxylic acids is 3. The summed E-state index contributed by atoms with van der Waals surface area (Å²) in [5.41, 5.74) is 1.09. The van der Waals surface area contributed by atoms with E-state index in [1.807, 2.05) is 6.07 Å². The summed E-state index contributed by atoms with van der Waals surface area (Å²) in [7, 11) is 0. The zero-order valence-electron chi connectivity index (χ0n) is 16.8. The second-order valence-electron chi connectivity index (χ2n) is 7.94. The van der Waals surface area contributed by atoms with Crippen LogP contribution in [0.1, 0.15) is 55.8 Å². The number of ketones is 1. The van der Waals surface area contributed by atoms with Gasteiger partial charge in [-0.1, -0.05) is 25.0 Å². The molecule has 0 saturated carbocycles. The van der Waals surface area contributed by atoms with Gasteiger partial charge in [0.05, 0.1) is 12.2 Å². The molecule has 0 radical (unpaired) electrons. The van der Waals surface area contributed by atoms with E-state index in [1.54, 1.807) is 18.2 Å². The van der Waals surface area contributed by atoms with Crippen LogP contribution in [0.2, 0.25) is 0 Å². The van der Waals surface area contributed by atoms with E-state index in [1.165, 1.54) is 19.8 Å². The monoisotopic (exact) mass is 385 g/mol. The molecule has 2 heterocycles. The molecule has 3 rings (SSSR count). The summed E-state index contributed by atoms with van der Waals surface area (Å²) in [5.74, 6) is 0.215. The molecule has 0 aromatic heterocycles. The number of rotatable bonds is 5. The van der Waals surface area contributed by atoms with Crippen LogP contribution in [0.4, 0.5) is 5.69 Å². The summed E-state index contributed by atoms with van der Waals surface area (Å²) in [5, 5.41) is 2.86. The predicted molar refractivity (Wildman–Crippen MR) is 109 cm³/mol. The molecule has 1 aromatic rings. The topological polar surface area (TPSA) is 69.7 Å². The largest absolute Gasteiger partial charge is 0.342 e. The quantitative estimate of drug-likeness (QED) is 0.791. The fourth-order valence-electron chi connectivity index (χ4n) is 4.18. The number of likely N-dealkylation sites (tertiary alicyclic amines) is 2. The molecule has 0 atom stereocenters. The van der Waals surface area contributed by atoms with E-state index >= 15 is 0 Å². The molecule has 2 fully saturated rings. The van der Waals surface area contributed by atoms with Crippen molar-refractivity contribution >= 4 is 23.3 Å². The molecule has 0 aliphatic carbocycles. The number of carbonyl (C=O) groups is 3. The first-order valence-corrected chi connectivity index (χ1v) is 10.5. The Bertz CT molecular complexity index is 703. The molecule has 2 amide bonds. The fraction of sp³-hybridized carbons (Fsp3) is 0.591. The van der Waals surface area contributed by atoms with Crippen LogP contribution in [0.3, 0.4) is 0 Å². The van der Waals surface area contributed by atoms with Crippen molar-refractivity contribution in [1.82, 2.24) is 9.80 Å². The third-order valence-electron chi connectivity index (χ3n) is 5.80. The Morgan fingerprint density at radius 1 is 0.964 bits per heavy atom. The smallest absolute Gasteiger partial charge is 0.238 e. The van der Waals surface area contributed by atoms with Crippen molar-refractivity contribution in [3.05, 3.63) is 29.8 Å². The van der Waals surface area contributed by atoms with E-state index in [0.29, 0.717) is 17.2 Å². The van der Waals surface area contributed by atoms with E-state index in [4.69, 9.17) is 0 Å². The van der Waals surface area contributed by atoms with Gasteiger partial charge in [0, 0.05) is 24.6 Å². The van der Waals surface area contributed by atoms with Crippen LogP contribution < -0.4 is 5.32 Å². The van der Waals surface area contributed by atoms with Crippen molar-refractivity contribution < 1.29 is 14.4 Å². The normalized spacial score (nSPS) is 19.1. The van der Waals surface area contributed by atoms with Gasteiger partial charge < -0.3 is 10.2 Å². The Morgan fingerprint density at radius 2 is 1.61 bits per heavy atom. The van der Waals surface area contributed by atoms with Gasteiger partial charge in [-0.3, -0.25) is 19.3 Å². The minimum atomic E-state index is -0.119. The number of nitrogens with one attached hydrogen (secondary N) is 1. The van der Waals surface area contributed by atoms with Gasteiger partial charge >= 0.3 is 0 Å². The van der Waals surface area contributed by atoms with Crippen LogP contribution in [0.25, 0.3) is 0 Å². The molecule has 1 aromatic carbocycles. The Labute approximate surface area is 167 Å². The number of anilines is 1. The number of Topliss-reactive ketones (excluding diaryl/α,β-unsaturated/α-hetero) is 1. The first-order chi connectivity index (χ1) is 13.5. The van der Waals surface area contributed by atoms with Gasteiger partial charge in [-0.05, 0) is 57.8 Å². The number of para-hydroxylation sites is 1. The zero-order chi connectivity index (χ0) is 19.9. The van der Waals surface area contributed by atoms with E-state index < -0.39 is 0 Å². The van der Waals surface area contributed by atoms with Crippen molar-refractivity contribution in [1.29, 1.82) is 0 Å². The van der Waals surface area contributed by atoms with Crippen LogP contribution in [0.15, 0.2) is 24.3 Å². The summed E-state index contributed by atoms with van der Waals surface area (Å²) in [6.07, 6.45) is 6.31. The molecule has 2 saturated heterocycles. The first-order valence-electron chi connectivity index (χ1n) is 10.5. The third-order valence-corrected chi connectivity index (χ3v) is 5.80. The lowest BCUT2D eigenvalue weighted by Crippen LogP contribution is -2.44. The highest BCUT2D eigenvalue weighted by atomic mass is 16.2. The minimum absolute atomic E-state index is 0.0660. The number of amides is 2. The second kappa shape index (κ2) is 9.82. The van der Waals surface area contributed by atoms with Crippen molar-refractivity contribution in [2.75, 3.05) is 38.0 Å². The zero-order valence-corrected chi connectivity index (χ0v) is 16.8. The summed E-state index contributed by atoms with van der Waals surface area (Å²) in [6.45, 7) is 5.10. The third kappa shape index (κ3) is 5.41. The Kier molecular flexibility index (Phi) is 7.20. The number of benzene rings is 1. The molecular formula is C22H31N3O3. The average Bonchev–Trinajstić information content (AvgIpc) is 2.98. The molecule has 0 spiro atoms. The van der Waals surface area contributed by atoms with Crippen LogP contribution in [0, 0.1) is 5.92 Å². The minimum Gasteiger partial charge on any atom is -0.342 e. The number of hydrogen-bond donors (Lipinski definition) is 1. The number of piperidine rings is 1. The molecule has 28 heavy (non-hydrogen) atoms. The summed E-state index contributed by atoms with van der Waals surface area (Å²) >= 11 is 0. The molecular weight excluding hydrogens is 354 g/mol. The van der Waals surface area contributed by atoms with E-state index in [-0.39, 0.29) is 24.2 Å². The Hall–Kier alpha value is -2.21. The standard InChI is InChI=1S/C22H31N3O3/c1-17(26)19-8-4-5-9-20(19)23-21(27)16-24-14-10-18(11-15-24)22(28)25-12-6-2-3-7-13-25/h4-5,8-9,18H,2-3,6-7,10-16H2,1H3,(H,23,27). The molecule has 1 N–H and O–H groups in total. The van der Waals surface area contributed by atoms with Gasteiger partial charge in [-0.2, -0.15) is 0 Å². The van der Waals surface area contributed by atoms with Crippen LogP contribution in [-0.4, -0.2) is 60.1 Å². The molecule has 0 bridgehead atoms. The van der Waals surface area contributed by atoms with Gasteiger partial charge in [-0.25, -0.2) is 0 Å². The lowest BCUT2D eigenvalue weighted by Gasteiger charge is -2.33. The van der Waals surface area contributed by atoms with E-state index in [9.17, 15) is 14.4 Å². The fourth-order valence-corrected chi connectivity index (χ4v) is 4.18. The summed E-state index contributed by atoms with van der Waals surface area (Å²) in [4.78, 5) is 41.0. The highest BCUT2D eigenvalue weighted by molar-refractivity contribution is 6.04. The van der Waals surface area contributed by atoms with Gasteiger partial charge in [0.1, 0.15) is 0 Å². The van der Waals surface area contributed by atoms with Crippen LogP contribution in [0.5, 0.6) is 0 Å². The Morgan fingerprint density at radius 3 is 2.25 bits per heavy atom. The van der Waals surface area contributed by atoms with Crippen molar-refractivity contribution in [2.24, 2.45) is 5.92 Å². The SMILES string of the molecule is CC(=O)c1ccccc1NC(=O)CN1CCC(C(=O)N2CCCCCC2)CC1. The van der Waals surface area contributed by atoms with Crippen molar-refractivity contribution in [3.63, 3.8) is 0 Å². The average molecular weight is 386 g/mol. The molecule has 6 heteroatoms. The van der Waals surface area contributed by atoms with E-state index in [2.05, 4.69) is 15.1 Å². The summed E-state index contributed by atoms with van der Waals surface area (Å²) in [6, 6.07) is 7.07. The predicted octanol–water partition coefficient (Wildman–Crippen LogP) is 2.94. The maximum atomic E-state index is 12.8. The highest BCUT2D eigenvalue weighted by Crippen LogP contribution is 2.22. The maximum Gasteiger partial charge on any atom is 0.238 e. The first kappa shape index (κ1) is 20.5. The van der Waals surface area contributed by atoms with Gasteiger partial charge in [0.15, 0.2) is 5.78 Å². The van der Waals surface area contributed by atoms with Gasteiger partial charge in [0.25, 0.3) is 0 Å². The van der Waals surface area contributed by atoms with Crippen LogP contribution >= 0.6 is 0 Å². The van der Waals surface area contributed by atoms with Gasteiger partial charge in [0.2, 0.25) is 11.8 Å².